The van der Waals surface area contributed by atoms with Crippen LogP contribution >= 0.6 is 11.3 Å². The van der Waals surface area contributed by atoms with E-state index in [-0.39, 0.29) is 5.91 Å². The maximum atomic E-state index is 14.3. The van der Waals surface area contributed by atoms with Gasteiger partial charge in [-0.3, -0.25) is 4.79 Å². The predicted molar refractivity (Wildman–Crippen MR) is 126 cm³/mol. The number of pyridine rings is 1. The van der Waals surface area contributed by atoms with E-state index in [2.05, 4.69) is 30.8 Å². The fourth-order valence-electron chi connectivity index (χ4n) is 3.59. The van der Waals surface area contributed by atoms with Crippen molar-refractivity contribution >= 4 is 33.9 Å². The Morgan fingerprint density at radius 3 is 2.81 bits per heavy atom. The molecule has 0 radical (unpaired) electrons. The quantitative estimate of drug-likeness (QED) is 0.449. The SMILES string of the molecule is O=C(NCCN1CCCCC1)c1ccc(F)c(NCc2cnc(Nc3ccccn3)s2)c1. The van der Waals surface area contributed by atoms with E-state index in [9.17, 15) is 9.18 Å². The van der Waals surface area contributed by atoms with Crippen LogP contribution in [0.3, 0.4) is 0 Å². The van der Waals surface area contributed by atoms with Crippen molar-refractivity contribution in [1.29, 1.82) is 0 Å². The van der Waals surface area contributed by atoms with Gasteiger partial charge in [0.15, 0.2) is 5.13 Å². The molecule has 3 N–H and O–H groups in total. The van der Waals surface area contributed by atoms with Crippen molar-refractivity contribution in [1.82, 2.24) is 20.2 Å². The molecule has 1 aromatic carbocycles. The number of carbonyl (C=O) groups is 1. The molecule has 9 heteroatoms. The lowest BCUT2D eigenvalue weighted by molar-refractivity contribution is 0.0946. The summed E-state index contributed by atoms with van der Waals surface area (Å²) in [4.78, 5) is 24.3. The summed E-state index contributed by atoms with van der Waals surface area (Å²) in [6.07, 6.45) is 7.18. The van der Waals surface area contributed by atoms with Gasteiger partial charge in [0.05, 0.1) is 12.2 Å². The van der Waals surface area contributed by atoms with Gasteiger partial charge in [0.25, 0.3) is 5.91 Å². The minimum absolute atomic E-state index is 0.190. The van der Waals surface area contributed by atoms with E-state index >= 15 is 0 Å². The second-order valence-electron chi connectivity index (χ2n) is 7.68. The van der Waals surface area contributed by atoms with Crippen LogP contribution in [-0.2, 0) is 6.54 Å². The maximum Gasteiger partial charge on any atom is 0.251 e. The number of nitrogens with one attached hydrogen (secondary N) is 3. The molecule has 1 aliphatic heterocycles. The van der Waals surface area contributed by atoms with Crippen molar-refractivity contribution in [3.05, 3.63) is 65.0 Å². The van der Waals surface area contributed by atoms with Gasteiger partial charge in [0.2, 0.25) is 0 Å². The molecule has 0 bridgehead atoms. The molecule has 1 fully saturated rings. The van der Waals surface area contributed by atoms with Crippen LogP contribution in [0.5, 0.6) is 0 Å². The number of aromatic nitrogens is 2. The van der Waals surface area contributed by atoms with Crippen LogP contribution in [0, 0.1) is 5.82 Å². The molecule has 0 unspecified atom stereocenters. The number of hydrogen-bond acceptors (Lipinski definition) is 7. The molecule has 0 saturated carbocycles. The average Bonchev–Trinajstić information content (AvgIpc) is 3.27. The molecule has 0 aliphatic carbocycles. The molecule has 3 aromatic rings. The van der Waals surface area contributed by atoms with Crippen molar-refractivity contribution in [2.75, 3.05) is 36.8 Å². The van der Waals surface area contributed by atoms with Gasteiger partial charge in [0, 0.05) is 35.9 Å². The number of anilines is 3. The van der Waals surface area contributed by atoms with Gasteiger partial charge in [-0.25, -0.2) is 14.4 Å². The van der Waals surface area contributed by atoms with Crippen molar-refractivity contribution in [3.63, 3.8) is 0 Å². The Labute approximate surface area is 191 Å². The van der Waals surface area contributed by atoms with Crippen molar-refractivity contribution in [2.24, 2.45) is 0 Å². The number of benzene rings is 1. The van der Waals surface area contributed by atoms with Crippen LogP contribution in [0.2, 0.25) is 0 Å². The molecule has 7 nitrogen and oxygen atoms in total. The van der Waals surface area contributed by atoms with Crippen LogP contribution in [0.25, 0.3) is 0 Å². The van der Waals surface area contributed by atoms with E-state index in [1.54, 1.807) is 18.5 Å². The van der Waals surface area contributed by atoms with E-state index in [4.69, 9.17) is 0 Å². The normalized spacial score (nSPS) is 14.2. The number of nitrogens with zero attached hydrogens (tertiary/aromatic N) is 3. The Morgan fingerprint density at radius 1 is 1.12 bits per heavy atom. The van der Waals surface area contributed by atoms with Crippen LogP contribution in [-0.4, -0.2) is 47.0 Å². The molecule has 0 spiro atoms. The monoisotopic (exact) mass is 454 g/mol. The highest BCUT2D eigenvalue weighted by Gasteiger charge is 2.13. The Balaban J connectivity index is 1.29. The van der Waals surface area contributed by atoms with Gasteiger partial charge >= 0.3 is 0 Å². The zero-order valence-corrected chi connectivity index (χ0v) is 18.6. The highest BCUT2D eigenvalue weighted by Crippen LogP contribution is 2.23. The summed E-state index contributed by atoms with van der Waals surface area (Å²) in [5, 5.41) is 9.86. The summed E-state index contributed by atoms with van der Waals surface area (Å²) in [5.41, 5.74) is 0.732. The zero-order valence-electron chi connectivity index (χ0n) is 17.8. The fourth-order valence-corrected chi connectivity index (χ4v) is 4.35. The first-order chi connectivity index (χ1) is 15.7. The van der Waals surface area contributed by atoms with Crippen LogP contribution < -0.4 is 16.0 Å². The molecule has 1 amide bonds. The summed E-state index contributed by atoms with van der Waals surface area (Å²) in [6, 6.07) is 9.99. The number of carbonyl (C=O) groups excluding carboxylic acids is 1. The van der Waals surface area contributed by atoms with E-state index in [0.717, 1.165) is 24.5 Å². The van der Waals surface area contributed by atoms with E-state index in [0.29, 0.717) is 35.3 Å². The molecule has 4 rings (SSSR count). The molecular formula is C23H27FN6OS. The molecular weight excluding hydrogens is 427 g/mol. The van der Waals surface area contributed by atoms with Gasteiger partial charge in [-0.1, -0.05) is 23.8 Å². The Hall–Kier alpha value is -3.04. The van der Waals surface area contributed by atoms with Gasteiger partial charge in [-0.2, -0.15) is 0 Å². The van der Waals surface area contributed by atoms with Crippen molar-refractivity contribution in [2.45, 2.75) is 25.8 Å². The largest absolute Gasteiger partial charge is 0.378 e. The third-order valence-corrected chi connectivity index (χ3v) is 6.21. The average molecular weight is 455 g/mol. The highest BCUT2D eigenvalue weighted by atomic mass is 32.1. The van der Waals surface area contributed by atoms with E-state index < -0.39 is 5.82 Å². The number of amides is 1. The molecule has 168 valence electrons. The second-order valence-corrected chi connectivity index (χ2v) is 8.79. The minimum Gasteiger partial charge on any atom is -0.378 e. The first kappa shape index (κ1) is 22.2. The number of rotatable bonds is 9. The number of hydrogen-bond donors (Lipinski definition) is 3. The van der Waals surface area contributed by atoms with E-state index in [1.165, 1.54) is 42.7 Å². The first-order valence-electron chi connectivity index (χ1n) is 10.8. The number of halogens is 1. The third-order valence-electron chi connectivity index (χ3n) is 5.30. The summed E-state index contributed by atoms with van der Waals surface area (Å²) >= 11 is 1.46. The lowest BCUT2D eigenvalue weighted by Gasteiger charge is -2.26. The zero-order chi connectivity index (χ0) is 22.2. The second kappa shape index (κ2) is 11.0. The summed E-state index contributed by atoms with van der Waals surface area (Å²) in [5.74, 6) is 0.127. The van der Waals surface area contributed by atoms with E-state index in [1.807, 2.05) is 18.2 Å². The number of likely N-dealkylation sites (tertiary alicyclic amines) is 1. The van der Waals surface area contributed by atoms with Gasteiger partial charge in [0.1, 0.15) is 11.6 Å². The Bertz CT molecular complexity index is 1020. The van der Waals surface area contributed by atoms with Crippen molar-refractivity contribution in [3.8, 4) is 0 Å². The number of thiazole rings is 1. The fraction of sp³-hybridized carbons (Fsp3) is 0.348. The molecule has 2 aromatic heterocycles. The number of piperidine rings is 1. The first-order valence-corrected chi connectivity index (χ1v) is 11.7. The highest BCUT2D eigenvalue weighted by molar-refractivity contribution is 7.15. The lowest BCUT2D eigenvalue weighted by Crippen LogP contribution is -2.37. The van der Waals surface area contributed by atoms with Gasteiger partial charge in [-0.05, 0) is 56.3 Å². The van der Waals surface area contributed by atoms with Crippen LogP contribution in [0.4, 0.5) is 21.0 Å². The minimum atomic E-state index is -0.397. The molecule has 0 atom stereocenters. The molecule has 1 aliphatic rings. The van der Waals surface area contributed by atoms with Gasteiger partial charge in [-0.15, -0.1) is 0 Å². The summed E-state index contributed by atoms with van der Waals surface area (Å²) in [7, 11) is 0. The summed E-state index contributed by atoms with van der Waals surface area (Å²) in [6.45, 7) is 4.02. The predicted octanol–water partition coefficient (Wildman–Crippen LogP) is 4.25. The summed E-state index contributed by atoms with van der Waals surface area (Å²) < 4.78 is 14.3. The lowest BCUT2D eigenvalue weighted by atomic mass is 10.1. The molecule has 32 heavy (non-hydrogen) atoms. The van der Waals surface area contributed by atoms with Crippen LogP contribution in [0.1, 0.15) is 34.5 Å². The maximum absolute atomic E-state index is 14.3. The Kier molecular flexibility index (Phi) is 7.63. The standard InChI is InChI=1S/C23H27FN6OS/c24-19-8-7-17(22(31)26-10-13-30-11-4-1-5-12-30)14-20(19)27-15-18-16-28-23(32-18)29-21-6-2-3-9-25-21/h2-3,6-9,14,16,27H,1,4-5,10-13,15H2,(H,26,31)(H,25,28,29). The third kappa shape index (κ3) is 6.24. The smallest absolute Gasteiger partial charge is 0.251 e. The van der Waals surface area contributed by atoms with Gasteiger partial charge < -0.3 is 20.9 Å². The van der Waals surface area contributed by atoms with Crippen LogP contribution in [0.15, 0.2) is 48.8 Å². The molecule has 3 heterocycles. The Morgan fingerprint density at radius 2 is 2.00 bits per heavy atom. The van der Waals surface area contributed by atoms with Crippen molar-refractivity contribution < 1.29 is 9.18 Å². The molecule has 1 saturated heterocycles. The topological polar surface area (TPSA) is 82.2 Å².